The van der Waals surface area contributed by atoms with Gasteiger partial charge in [0, 0.05) is 44.0 Å². The molecular formula is C20H25BrI2N2V. The molecule has 2 nitrogen and oxygen atoms in total. The maximum atomic E-state index is 3.89. The van der Waals surface area contributed by atoms with Gasteiger partial charge in [0.15, 0.2) is 0 Å². The van der Waals surface area contributed by atoms with Crippen LogP contribution in [0.3, 0.4) is 0 Å². The van der Waals surface area contributed by atoms with E-state index in [1.165, 1.54) is 11.4 Å². The molecular weight excluding hydrogens is 653 g/mol. The summed E-state index contributed by atoms with van der Waals surface area (Å²) in [6.07, 6.45) is 1.77. The molecule has 0 aliphatic carbocycles. The molecule has 2 aromatic rings. The van der Waals surface area contributed by atoms with Gasteiger partial charge in [0.05, 0.1) is 0 Å². The number of allylic oxidation sites excluding steroid dienone is 2. The third-order valence-electron chi connectivity index (χ3n) is 3.34. The van der Waals surface area contributed by atoms with Crippen molar-refractivity contribution in [2.24, 2.45) is 0 Å². The molecule has 2 rings (SSSR count). The topological polar surface area (TPSA) is 6.48 Å². The Hall–Kier alpha value is 0.0444. The Morgan fingerprint density at radius 3 is 1.54 bits per heavy atom. The third kappa shape index (κ3) is 11.0. The van der Waals surface area contributed by atoms with E-state index in [4.69, 9.17) is 0 Å². The monoisotopic (exact) mass is 677 g/mol. The molecule has 2 aromatic carbocycles. The van der Waals surface area contributed by atoms with E-state index in [0.29, 0.717) is 9.47 Å². The zero-order chi connectivity index (χ0) is 20.1. The normalized spacial score (nSPS) is 8.88. The molecule has 0 fully saturated rings. The Kier molecular flexibility index (Phi) is 15.0. The molecule has 26 heavy (non-hydrogen) atoms. The molecule has 0 saturated heterocycles. The number of anilines is 2. The van der Waals surface area contributed by atoms with Crippen LogP contribution in [0.25, 0.3) is 5.57 Å². The molecule has 0 spiro atoms. The van der Waals surface area contributed by atoms with Crippen LogP contribution in [-0.4, -0.2) is 28.2 Å². The Balaban J connectivity index is 0.000000428. The number of hydrogen-bond donors (Lipinski definition) is 0. The first kappa shape index (κ1) is 26.0. The molecule has 0 heterocycles. The Labute approximate surface area is 196 Å². The van der Waals surface area contributed by atoms with Crippen LogP contribution in [0.15, 0.2) is 72.2 Å². The van der Waals surface area contributed by atoms with E-state index in [0.717, 1.165) is 15.6 Å². The van der Waals surface area contributed by atoms with Crippen LogP contribution in [-0.2, 0) is 9.47 Å². The number of benzene rings is 2. The maximum absolute atomic E-state index is 3.89. The molecule has 0 saturated carbocycles. The van der Waals surface area contributed by atoms with Crippen molar-refractivity contribution in [3.63, 3.8) is 0 Å². The van der Waals surface area contributed by atoms with E-state index in [1.807, 2.05) is 40.3 Å². The first-order valence-electron chi connectivity index (χ1n) is 7.71. The van der Waals surface area contributed by atoms with Crippen molar-refractivity contribution in [3.8, 4) is 0 Å². The molecule has 0 atom stereocenters. The number of hydrogen-bond acceptors (Lipinski definition) is 2. The fourth-order valence-electron chi connectivity index (χ4n) is 1.83. The number of nitrogens with zero attached hydrogens (tertiary/aromatic N) is 2. The molecule has 0 aromatic heterocycles. The molecule has 0 radical (unpaired) electrons. The van der Waals surface area contributed by atoms with Crippen LogP contribution in [0, 0.1) is 0 Å². The fourth-order valence-corrected chi connectivity index (χ4v) is 2.10. The summed E-state index contributed by atoms with van der Waals surface area (Å²) in [7, 11) is 8.74. The van der Waals surface area contributed by atoms with Gasteiger partial charge >= 0.3 is 49.4 Å². The predicted octanol–water partition coefficient (Wildman–Crippen LogP) is 7.24. The van der Waals surface area contributed by atoms with Crippen LogP contribution in [0.1, 0.15) is 5.56 Å². The summed E-state index contributed by atoms with van der Waals surface area (Å²) in [5.41, 5.74) is 4.51. The fraction of sp³-hybridized carbons (Fsp3) is 0.200. The Morgan fingerprint density at radius 2 is 1.23 bits per heavy atom. The molecule has 0 N–H and O–H groups in total. The minimum atomic E-state index is 0.628. The van der Waals surface area contributed by atoms with Gasteiger partial charge in [-0.3, -0.25) is 0 Å². The number of halogens is 3. The molecule has 6 heteroatoms. The van der Waals surface area contributed by atoms with Gasteiger partial charge in [-0.25, -0.2) is 0 Å². The van der Waals surface area contributed by atoms with Crippen molar-refractivity contribution in [2.75, 3.05) is 38.0 Å². The van der Waals surface area contributed by atoms with Gasteiger partial charge < -0.3 is 9.80 Å². The van der Waals surface area contributed by atoms with Crippen molar-refractivity contribution in [2.45, 2.75) is 0 Å². The second-order valence-electron chi connectivity index (χ2n) is 5.61. The second-order valence-corrected chi connectivity index (χ2v) is 18.3. The summed E-state index contributed by atoms with van der Waals surface area (Å²) in [6, 6.07) is 16.5. The predicted molar refractivity (Wildman–Crippen MR) is 137 cm³/mol. The van der Waals surface area contributed by atoms with Gasteiger partial charge in [-0.1, -0.05) is 47.3 Å². The van der Waals surface area contributed by atoms with E-state index < -0.39 is 0 Å². The van der Waals surface area contributed by atoms with Gasteiger partial charge in [0.25, 0.3) is 0 Å². The Bertz CT molecular complexity index is 657. The zero-order valence-corrected chi connectivity index (χ0v) is 22.9. The van der Waals surface area contributed by atoms with Gasteiger partial charge in [-0.05, 0) is 47.5 Å². The SMILES string of the molecule is C=CC(=C)c1ccc(N(C)C)cc1.CN(C)c1ccc(Br)cc1.[I][V][I]. The van der Waals surface area contributed by atoms with Gasteiger partial charge in [0.1, 0.15) is 0 Å². The average Bonchev–Trinajstić information content (AvgIpc) is 2.62. The van der Waals surface area contributed by atoms with Crippen LogP contribution in [0.5, 0.6) is 0 Å². The summed E-state index contributed by atoms with van der Waals surface area (Å²) in [5, 5.41) is 0. The molecule has 141 valence electrons. The second kappa shape index (κ2) is 15.0. The summed E-state index contributed by atoms with van der Waals surface area (Å²) in [5.74, 6) is 0. The van der Waals surface area contributed by atoms with E-state index in [-0.39, 0.29) is 0 Å². The van der Waals surface area contributed by atoms with Crippen molar-refractivity contribution in [1.29, 1.82) is 0 Å². The quantitative estimate of drug-likeness (QED) is 0.249. The minimum absolute atomic E-state index is 0.628. The van der Waals surface area contributed by atoms with Gasteiger partial charge in [0.2, 0.25) is 0 Å². The first-order chi connectivity index (χ1) is 12.3. The molecule has 0 aliphatic rings. The van der Waals surface area contributed by atoms with Crippen LogP contribution in [0.2, 0.25) is 0 Å². The van der Waals surface area contributed by atoms with Crippen LogP contribution in [0.4, 0.5) is 11.4 Å². The van der Waals surface area contributed by atoms with Crippen molar-refractivity contribution >= 4 is 72.8 Å². The van der Waals surface area contributed by atoms with Crippen molar-refractivity contribution < 1.29 is 9.47 Å². The van der Waals surface area contributed by atoms with E-state index >= 15 is 0 Å². The summed E-state index contributed by atoms with van der Waals surface area (Å²) in [6.45, 7) is 7.57. The summed E-state index contributed by atoms with van der Waals surface area (Å²) in [4.78, 5) is 4.15. The van der Waals surface area contributed by atoms with Crippen LogP contribution >= 0.6 is 55.9 Å². The average molecular weight is 678 g/mol. The molecule has 0 unspecified atom stereocenters. The van der Waals surface area contributed by atoms with Crippen molar-refractivity contribution in [3.05, 3.63) is 77.8 Å². The first-order valence-corrected chi connectivity index (χ1v) is 17.5. The van der Waals surface area contributed by atoms with Crippen molar-refractivity contribution in [1.82, 2.24) is 0 Å². The molecule has 0 bridgehead atoms. The number of rotatable bonds is 4. The van der Waals surface area contributed by atoms with Gasteiger partial charge in [-0.2, -0.15) is 0 Å². The summed E-state index contributed by atoms with van der Waals surface area (Å²) < 4.78 is 1.12. The standard InChI is InChI=1S/C12H15N.C8H10BrN.2HI.V/c1-5-10(2)11-6-8-12(9-7-11)13(3)4;1-10(2)8-5-3-7(9)4-6-8;;;/h5-9H,1-2H2,3-4H3;3-6H,1-2H3;2*1H;/q;;;;+2/p-2. The molecule has 0 aliphatic heterocycles. The van der Waals surface area contributed by atoms with Gasteiger partial charge in [-0.15, -0.1) is 0 Å². The van der Waals surface area contributed by atoms with E-state index in [1.54, 1.807) is 6.08 Å². The third-order valence-corrected chi connectivity index (χ3v) is 3.87. The van der Waals surface area contributed by atoms with E-state index in [9.17, 15) is 0 Å². The zero-order valence-electron chi connectivity index (χ0n) is 15.6. The van der Waals surface area contributed by atoms with Crippen LogP contribution < -0.4 is 9.80 Å². The van der Waals surface area contributed by atoms with E-state index in [2.05, 4.69) is 115 Å². The summed E-state index contributed by atoms with van der Waals surface area (Å²) >= 11 is 8.11. The Morgan fingerprint density at radius 1 is 0.885 bits per heavy atom. The molecule has 0 amide bonds.